The fourth-order valence-electron chi connectivity index (χ4n) is 3.60. The second-order valence-corrected chi connectivity index (χ2v) is 7.49. The summed E-state index contributed by atoms with van der Waals surface area (Å²) in [7, 11) is 0. The smallest absolute Gasteiger partial charge is 0.233 e. The van der Waals surface area contributed by atoms with Crippen LogP contribution in [-0.4, -0.2) is 21.7 Å². The first-order valence-corrected chi connectivity index (χ1v) is 10.2. The number of rotatable bonds is 5. The van der Waals surface area contributed by atoms with Gasteiger partial charge in [0.1, 0.15) is 11.6 Å². The van der Waals surface area contributed by atoms with Crippen LogP contribution in [0.2, 0.25) is 5.02 Å². The molecule has 5 rings (SSSR count). The molecule has 8 heteroatoms. The number of hydrogen-bond acceptors (Lipinski definition) is 6. The number of ether oxygens (including phenoxy) is 2. The molecule has 0 N–H and O–H groups in total. The quantitative estimate of drug-likeness (QED) is 0.383. The van der Waals surface area contributed by atoms with Crippen molar-refractivity contribution in [3.8, 4) is 23.0 Å². The van der Waals surface area contributed by atoms with Gasteiger partial charge in [-0.2, -0.15) is 4.98 Å². The molecule has 1 aliphatic heterocycles. The lowest BCUT2D eigenvalue weighted by Gasteiger charge is -2.16. The van der Waals surface area contributed by atoms with Crippen LogP contribution < -0.4 is 4.74 Å². The minimum absolute atomic E-state index is 0.0703. The monoisotopic (exact) mass is 437 g/mol. The van der Waals surface area contributed by atoms with E-state index in [0.717, 1.165) is 0 Å². The van der Waals surface area contributed by atoms with Gasteiger partial charge in [-0.05, 0) is 48.4 Å². The van der Waals surface area contributed by atoms with Crippen LogP contribution in [-0.2, 0) is 4.74 Å². The van der Waals surface area contributed by atoms with Gasteiger partial charge in [-0.25, -0.2) is 9.37 Å². The average Bonchev–Trinajstić information content (AvgIpc) is 3.46. The van der Waals surface area contributed by atoms with E-state index in [1.54, 1.807) is 18.3 Å². The molecule has 0 unspecified atom stereocenters. The van der Waals surface area contributed by atoms with Crippen molar-refractivity contribution >= 4 is 11.6 Å². The number of pyridine rings is 1. The van der Waals surface area contributed by atoms with Gasteiger partial charge in [0.25, 0.3) is 0 Å². The molecule has 6 nitrogen and oxygen atoms in total. The van der Waals surface area contributed by atoms with Crippen LogP contribution in [0.4, 0.5) is 4.39 Å². The number of halogens is 2. The van der Waals surface area contributed by atoms with Gasteiger partial charge in [0.05, 0.1) is 22.6 Å². The molecule has 156 valence electrons. The van der Waals surface area contributed by atoms with Crippen molar-refractivity contribution in [2.45, 2.75) is 18.4 Å². The van der Waals surface area contributed by atoms with Crippen molar-refractivity contribution in [1.29, 1.82) is 0 Å². The second kappa shape index (κ2) is 8.45. The molecule has 1 fully saturated rings. The summed E-state index contributed by atoms with van der Waals surface area (Å²) in [5, 5.41) is 4.21. The Hall–Kier alpha value is -3.29. The van der Waals surface area contributed by atoms with Gasteiger partial charge in [0, 0.05) is 12.8 Å². The first-order chi connectivity index (χ1) is 15.2. The van der Waals surface area contributed by atoms with Crippen LogP contribution in [0.25, 0.3) is 11.4 Å². The summed E-state index contributed by atoms with van der Waals surface area (Å²) < 4.78 is 31.3. The third-order valence-corrected chi connectivity index (χ3v) is 5.40. The minimum atomic E-state index is -0.488. The highest BCUT2D eigenvalue weighted by atomic mass is 35.5. The van der Waals surface area contributed by atoms with Gasteiger partial charge in [-0.1, -0.05) is 41.0 Å². The Bertz CT molecular complexity index is 1200. The molecule has 0 bridgehead atoms. The SMILES string of the molecule is Fc1cc([C@@H]2OCC[C@@H]2c2nc(-c3cccnc3Oc3ccccc3)no2)ccc1Cl. The predicted molar refractivity (Wildman–Crippen MR) is 112 cm³/mol. The van der Waals surface area contributed by atoms with Gasteiger partial charge >= 0.3 is 0 Å². The molecule has 3 heterocycles. The van der Waals surface area contributed by atoms with Crippen molar-refractivity contribution in [1.82, 2.24) is 15.1 Å². The lowest BCUT2D eigenvalue weighted by atomic mass is 9.95. The molecule has 0 aliphatic carbocycles. The molecule has 1 aliphatic rings. The molecule has 2 aromatic carbocycles. The molecule has 4 aromatic rings. The summed E-state index contributed by atoms with van der Waals surface area (Å²) in [5.41, 5.74) is 1.29. The van der Waals surface area contributed by atoms with Gasteiger partial charge in [0.2, 0.25) is 17.6 Å². The lowest BCUT2D eigenvalue weighted by Crippen LogP contribution is -2.07. The Kier molecular flexibility index (Phi) is 5.36. The van der Waals surface area contributed by atoms with E-state index in [0.29, 0.717) is 47.5 Å². The standard InChI is InChI=1S/C23H17ClFN3O3/c24-18-9-8-14(13-19(18)25)20-16(10-12-29-20)23-27-21(28-31-23)17-7-4-11-26-22(17)30-15-5-2-1-3-6-15/h1-9,11,13,16,20H,10,12H2/t16-,20-/m0/s1. The molecule has 2 aromatic heterocycles. The Balaban J connectivity index is 1.43. The van der Waals surface area contributed by atoms with Crippen molar-refractivity contribution in [2.75, 3.05) is 6.61 Å². The molecule has 1 saturated heterocycles. The van der Waals surface area contributed by atoms with Gasteiger partial charge in [0.15, 0.2) is 0 Å². The fourth-order valence-corrected chi connectivity index (χ4v) is 3.72. The summed E-state index contributed by atoms with van der Waals surface area (Å²) >= 11 is 5.81. The van der Waals surface area contributed by atoms with Gasteiger partial charge < -0.3 is 14.0 Å². The average molecular weight is 438 g/mol. The zero-order valence-corrected chi connectivity index (χ0v) is 17.0. The number of nitrogens with zero attached hydrogens (tertiary/aromatic N) is 3. The Morgan fingerprint density at radius 3 is 2.77 bits per heavy atom. The molecule has 31 heavy (non-hydrogen) atoms. The zero-order chi connectivity index (χ0) is 21.2. The normalized spacial score (nSPS) is 18.3. The largest absolute Gasteiger partial charge is 0.438 e. The molecule has 0 spiro atoms. The van der Waals surface area contributed by atoms with Crippen molar-refractivity contribution < 1.29 is 18.4 Å². The van der Waals surface area contributed by atoms with E-state index in [-0.39, 0.29) is 10.9 Å². The molecular formula is C23H17ClFN3O3. The Morgan fingerprint density at radius 1 is 1.06 bits per heavy atom. The van der Waals surface area contributed by atoms with Crippen LogP contribution in [0.1, 0.15) is 29.9 Å². The van der Waals surface area contributed by atoms with Crippen molar-refractivity contribution in [3.05, 3.63) is 89.2 Å². The maximum atomic E-state index is 14.0. The minimum Gasteiger partial charge on any atom is -0.438 e. The van der Waals surface area contributed by atoms with E-state index in [1.807, 2.05) is 36.4 Å². The van der Waals surface area contributed by atoms with E-state index >= 15 is 0 Å². The highest BCUT2D eigenvalue weighted by molar-refractivity contribution is 6.30. The Morgan fingerprint density at radius 2 is 1.94 bits per heavy atom. The van der Waals surface area contributed by atoms with E-state index in [9.17, 15) is 4.39 Å². The summed E-state index contributed by atoms with van der Waals surface area (Å²) in [5.74, 6) is 1.12. The third-order valence-electron chi connectivity index (χ3n) is 5.09. The number of hydrogen-bond donors (Lipinski definition) is 0. The topological polar surface area (TPSA) is 70.3 Å². The van der Waals surface area contributed by atoms with Gasteiger partial charge in [-0.3, -0.25) is 0 Å². The van der Waals surface area contributed by atoms with E-state index in [4.69, 9.17) is 25.6 Å². The second-order valence-electron chi connectivity index (χ2n) is 7.09. The molecule has 0 saturated carbocycles. The highest BCUT2D eigenvalue weighted by Crippen LogP contribution is 2.42. The van der Waals surface area contributed by atoms with Crippen LogP contribution >= 0.6 is 11.6 Å². The first kappa shape index (κ1) is 19.7. The van der Waals surface area contributed by atoms with E-state index in [2.05, 4.69) is 15.1 Å². The van der Waals surface area contributed by atoms with Crippen LogP contribution in [0, 0.1) is 5.82 Å². The molecule has 0 radical (unpaired) electrons. The molecular weight excluding hydrogens is 421 g/mol. The maximum absolute atomic E-state index is 14.0. The van der Waals surface area contributed by atoms with E-state index < -0.39 is 11.9 Å². The van der Waals surface area contributed by atoms with E-state index in [1.165, 1.54) is 12.1 Å². The predicted octanol–water partition coefficient (Wildman–Crippen LogP) is 5.96. The number of para-hydroxylation sites is 1. The summed E-state index contributed by atoms with van der Waals surface area (Å²) in [4.78, 5) is 8.90. The molecule has 0 amide bonds. The fraction of sp³-hybridized carbons (Fsp3) is 0.174. The van der Waals surface area contributed by atoms with Gasteiger partial charge in [-0.15, -0.1) is 0 Å². The number of aromatic nitrogens is 3. The van der Waals surface area contributed by atoms with Crippen LogP contribution in [0.5, 0.6) is 11.6 Å². The zero-order valence-electron chi connectivity index (χ0n) is 16.2. The summed E-state index contributed by atoms with van der Waals surface area (Å²) in [6.45, 7) is 0.507. The van der Waals surface area contributed by atoms with Crippen LogP contribution in [0.3, 0.4) is 0 Å². The maximum Gasteiger partial charge on any atom is 0.233 e. The lowest BCUT2D eigenvalue weighted by molar-refractivity contribution is 0.0984. The first-order valence-electron chi connectivity index (χ1n) is 9.77. The van der Waals surface area contributed by atoms with Crippen molar-refractivity contribution in [3.63, 3.8) is 0 Å². The highest BCUT2D eigenvalue weighted by Gasteiger charge is 2.36. The number of benzene rings is 2. The Labute approximate surface area is 182 Å². The summed E-state index contributed by atoms with van der Waals surface area (Å²) in [6, 6.07) is 17.6. The summed E-state index contributed by atoms with van der Waals surface area (Å²) in [6.07, 6.45) is 1.92. The van der Waals surface area contributed by atoms with Crippen LogP contribution in [0.15, 0.2) is 71.4 Å². The third kappa shape index (κ3) is 4.02. The molecule has 2 atom stereocenters. The van der Waals surface area contributed by atoms with Crippen molar-refractivity contribution in [2.24, 2.45) is 0 Å².